The van der Waals surface area contributed by atoms with Gasteiger partial charge in [0.1, 0.15) is 5.69 Å². The van der Waals surface area contributed by atoms with Crippen molar-refractivity contribution < 1.29 is 9.66 Å². The summed E-state index contributed by atoms with van der Waals surface area (Å²) < 4.78 is 6.54. The largest absolute Gasteiger partial charge is 0.377 e. The summed E-state index contributed by atoms with van der Waals surface area (Å²) in [4.78, 5) is 13.1. The normalized spacial score (nSPS) is 29.6. The highest BCUT2D eigenvalue weighted by atomic mass is 79.9. The lowest BCUT2D eigenvalue weighted by Crippen LogP contribution is -2.66. The summed E-state index contributed by atoms with van der Waals surface area (Å²) in [5, 5.41) is 11.3. The van der Waals surface area contributed by atoms with Gasteiger partial charge in [0.05, 0.1) is 11.0 Å². The summed E-state index contributed by atoms with van der Waals surface area (Å²) in [6.07, 6.45) is 1.31. The van der Waals surface area contributed by atoms with E-state index in [0.717, 1.165) is 17.5 Å². The first kappa shape index (κ1) is 14.8. The number of halogens is 1. The van der Waals surface area contributed by atoms with Crippen LogP contribution in [0, 0.1) is 21.4 Å². The predicted octanol–water partition coefficient (Wildman–Crippen LogP) is 3.61. The molecule has 3 atom stereocenters. The zero-order valence-electron chi connectivity index (χ0n) is 12.4. The number of fused-ring (bicyclic) bond motifs is 1. The Labute approximate surface area is 132 Å². The maximum absolute atomic E-state index is 11.3. The van der Waals surface area contributed by atoms with Crippen LogP contribution in [0.3, 0.4) is 0 Å². The highest BCUT2D eigenvalue weighted by Crippen LogP contribution is 2.55. The number of benzene rings is 1. The lowest BCUT2D eigenvalue weighted by molar-refractivity contribution is -0.384. The number of rotatable bonds is 3. The SMILES string of the molecule is CN(c1ccc(Br)cc1[N+](=O)[O-])C1C2CCOC2C1(C)C. The van der Waals surface area contributed by atoms with Gasteiger partial charge in [-0.2, -0.15) is 0 Å². The Morgan fingerprint density at radius 2 is 2.19 bits per heavy atom. The molecule has 3 rings (SSSR count). The molecular weight excluding hydrogens is 336 g/mol. The number of nitro benzene ring substituents is 1. The zero-order chi connectivity index (χ0) is 15.4. The van der Waals surface area contributed by atoms with Crippen LogP contribution in [-0.2, 0) is 4.74 Å². The molecule has 1 aromatic rings. The molecule has 21 heavy (non-hydrogen) atoms. The monoisotopic (exact) mass is 354 g/mol. The number of nitro groups is 1. The van der Waals surface area contributed by atoms with Crippen LogP contribution < -0.4 is 4.90 Å². The van der Waals surface area contributed by atoms with Crippen LogP contribution in [0.2, 0.25) is 0 Å². The molecule has 1 saturated heterocycles. The molecule has 1 heterocycles. The van der Waals surface area contributed by atoms with Gasteiger partial charge in [0.25, 0.3) is 5.69 Å². The molecular formula is C15H19BrN2O3. The van der Waals surface area contributed by atoms with Crippen LogP contribution in [0.25, 0.3) is 0 Å². The first-order valence-corrected chi connectivity index (χ1v) is 7.91. The Morgan fingerprint density at radius 3 is 2.86 bits per heavy atom. The summed E-state index contributed by atoms with van der Waals surface area (Å²) in [5.41, 5.74) is 0.827. The first-order valence-electron chi connectivity index (χ1n) is 7.12. The molecule has 2 aliphatic rings. The van der Waals surface area contributed by atoms with Gasteiger partial charge in [0.2, 0.25) is 0 Å². The molecule has 0 N–H and O–H groups in total. The second-order valence-electron chi connectivity index (χ2n) is 6.51. The Kier molecular flexibility index (Phi) is 3.48. The molecule has 0 aromatic heterocycles. The van der Waals surface area contributed by atoms with Crippen molar-refractivity contribution in [3.63, 3.8) is 0 Å². The fourth-order valence-corrected chi connectivity index (χ4v) is 4.52. The van der Waals surface area contributed by atoms with E-state index in [2.05, 4.69) is 34.7 Å². The van der Waals surface area contributed by atoms with Gasteiger partial charge in [-0.05, 0) is 18.6 Å². The van der Waals surface area contributed by atoms with E-state index in [1.54, 1.807) is 6.07 Å². The molecule has 0 spiro atoms. The fourth-order valence-electron chi connectivity index (χ4n) is 4.17. The highest BCUT2D eigenvalue weighted by molar-refractivity contribution is 9.10. The summed E-state index contributed by atoms with van der Waals surface area (Å²) in [5.74, 6) is 0.466. The van der Waals surface area contributed by atoms with E-state index in [-0.39, 0.29) is 28.2 Å². The molecule has 0 radical (unpaired) electrons. The standard InChI is InChI=1S/C15H19BrN2O3/c1-15(2)13(10-6-7-21-14(10)15)17(3)11-5-4-9(16)8-12(11)18(19)20/h4-5,8,10,13-14H,6-7H2,1-3H3. The first-order chi connectivity index (χ1) is 9.84. The molecule has 0 bridgehead atoms. The molecule has 0 amide bonds. The van der Waals surface area contributed by atoms with Crippen molar-refractivity contribution in [1.82, 2.24) is 0 Å². The van der Waals surface area contributed by atoms with Crippen LogP contribution in [0.4, 0.5) is 11.4 Å². The summed E-state index contributed by atoms with van der Waals surface area (Å²) in [7, 11) is 1.96. The van der Waals surface area contributed by atoms with E-state index >= 15 is 0 Å². The molecule has 1 aliphatic carbocycles. The number of anilines is 1. The van der Waals surface area contributed by atoms with Crippen molar-refractivity contribution in [3.8, 4) is 0 Å². The van der Waals surface area contributed by atoms with Gasteiger partial charge in [-0.15, -0.1) is 0 Å². The molecule has 114 valence electrons. The van der Waals surface area contributed by atoms with E-state index in [4.69, 9.17) is 4.74 Å². The van der Waals surface area contributed by atoms with Gasteiger partial charge in [-0.3, -0.25) is 10.1 Å². The second kappa shape index (κ2) is 4.95. The van der Waals surface area contributed by atoms with Crippen molar-refractivity contribution >= 4 is 27.3 Å². The molecule has 2 fully saturated rings. The third-order valence-corrected chi connectivity index (χ3v) is 5.46. The van der Waals surface area contributed by atoms with E-state index in [0.29, 0.717) is 11.6 Å². The summed E-state index contributed by atoms with van der Waals surface area (Å²) >= 11 is 3.31. The minimum Gasteiger partial charge on any atom is -0.377 e. The van der Waals surface area contributed by atoms with Crippen molar-refractivity contribution in [3.05, 3.63) is 32.8 Å². The van der Waals surface area contributed by atoms with Gasteiger partial charge in [-0.25, -0.2) is 0 Å². The maximum atomic E-state index is 11.3. The van der Waals surface area contributed by atoms with Crippen molar-refractivity contribution in [2.24, 2.45) is 11.3 Å². The predicted molar refractivity (Wildman–Crippen MR) is 84.6 cm³/mol. The molecule has 3 unspecified atom stereocenters. The average Bonchev–Trinajstić information content (AvgIpc) is 2.84. The van der Waals surface area contributed by atoms with Gasteiger partial charge in [0, 0.05) is 41.6 Å². The minimum atomic E-state index is -0.315. The quantitative estimate of drug-likeness (QED) is 0.614. The Bertz CT molecular complexity index is 590. The maximum Gasteiger partial charge on any atom is 0.293 e. The molecule has 6 heteroatoms. The Balaban J connectivity index is 1.96. The topological polar surface area (TPSA) is 55.6 Å². The van der Waals surface area contributed by atoms with Crippen LogP contribution >= 0.6 is 15.9 Å². The fraction of sp³-hybridized carbons (Fsp3) is 0.600. The molecule has 1 saturated carbocycles. The third kappa shape index (κ3) is 2.16. The van der Waals surface area contributed by atoms with E-state index in [1.165, 1.54) is 0 Å². The van der Waals surface area contributed by atoms with E-state index < -0.39 is 0 Å². The summed E-state index contributed by atoms with van der Waals surface area (Å²) in [6, 6.07) is 5.51. The third-order valence-electron chi connectivity index (χ3n) is 4.97. The van der Waals surface area contributed by atoms with Crippen LogP contribution in [0.5, 0.6) is 0 Å². The van der Waals surface area contributed by atoms with Crippen molar-refractivity contribution in [2.45, 2.75) is 32.4 Å². The Morgan fingerprint density at radius 1 is 1.48 bits per heavy atom. The summed E-state index contributed by atoms with van der Waals surface area (Å²) in [6.45, 7) is 5.17. The number of ether oxygens (including phenoxy) is 1. The van der Waals surface area contributed by atoms with Crippen molar-refractivity contribution in [1.29, 1.82) is 0 Å². The number of nitrogens with zero attached hydrogens (tertiary/aromatic N) is 2. The van der Waals surface area contributed by atoms with Gasteiger partial charge in [0.15, 0.2) is 0 Å². The van der Waals surface area contributed by atoms with E-state index in [1.807, 2.05) is 19.2 Å². The molecule has 1 aliphatic heterocycles. The lowest BCUT2D eigenvalue weighted by Gasteiger charge is -2.58. The molecule has 5 nitrogen and oxygen atoms in total. The average molecular weight is 355 g/mol. The smallest absolute Gasteiger partial charge is 0.293 e. The van der Waals surface area contributed by atoms with Gasteiger partial charge in [-0.1, -0.05) is 29.8 Å². The van der Waals surface area contributed by atoms with Crippen LogP contribution in [0.1, 0.15) is 20.3 Å². The van der Waals surface area contributed by atoms with Gasteiger partial charge < -0.3 is 9.64 Å². The van der Waals surface area contributed by atoms with E-state index in [9.17, 15) is 10.1 Å². The van der Waals surface area contributed by atoms with Crippen molar-refractivity contribution in [2.75, 3.05) is 18.6 Å². The number of hydrogen-bond acceptors (Lipinski definition) is 4. The lowest BCUT2D eigenvalue weighted by atomic mass is 9.56. The highest BCUT2D eigenvalue weighted by Gasteiger charge is 2.61. The van der Waals surface area contributed by atoms with Crippen LogP contribution in [-0.4, -0.2) is 30.7 Å². The van der Waals surface area contributed by atoms with Gasteiger partial charge >= 0.3 is 0 Å². The minimum absolute atomic E-state index is 0.0108. The zero-order valence-corrected chi connectivity index (χ0v) is 14.0. The number of hydrogen-bond donors (Lipinski definition) is 0. The molecule has 1 aromatic carbocycles. The van der Waals surface area contributed by atoms with Crippen LogP contribution in [0.15, 0.2) is 22.7 Å². The Hall–Kier alpha value is -1.14. The second-order valence-corrected chi connectivity index (χ2v) is 7.43.